The number of amides is 2. The van der Waals surface area contributed by atoms with Crippen molar-refractivity contribution in [3.63, 3.8) is 0 Å². The summed E-state index contributed by atoms with van der Waals surface area (Å²) in [5, 5.41) is 13.1. The van der Waals surface area contributed by atoms with Crippen LogP contribution in [0.4, 0.5) is 11.4 Å². The lowest BCUT2D eigenvalue weighted by Crippen LogP contribution is -2.31. The van der Waals surface area contributed by atoms with E-state index in [9.17, 15) is 14.9 Å². The zero-order valence-electron chi connectivity index (χ0n) is 18.7. The number of carbonyl (C=O) groups is 2. The molecule has 0 radical (unpaired) electrons. The van der Waals surface area contributed by atoms with E-state index in [1.807, 2.05) is 74.5 Å². The van der Waals surface area contributed by atoms with Crippen LogP contribution in [0.25, 0.3) is 0 Å². The van der Waals surface area contributed by atoms with Gasteiger partial charge in [0.15, 0.2) is 0 Å². The van der Waals surface area contributed by atoms with E-state index in [2.05, 4.69) is 5.32 Å². The van der Waals surface area contributed by atoms with E-state index in [0.717, 1.165) is 16.7 Å². The van der Waals surface area contributed by atoms with Crippen molar-refractivity contribution < 1.29 is 9.59 Å². The van der Waals surface area contributed by atoms with Crippen molar-refractivity contribution in [2.45, 2.75) is 25.5 Å². The van der Waals surface area contributed by atoms with Gasteiger partial charge in [0.1, 0.15) is 16.7 Å². The van der Waals surface area contributed by atoms with Crippen LogP contribution in [0.5, 0.6) is 0 Å². The Balaban J connectivity index is 1.73. The van der Waals surface area contributed by atoms with Crippen LogP contribution in [0.3, 0.4) is 0 Å². The summed E-state index contributed by atoms with van der Waals surface area (Å²) in [4.78, 5) is 28.1. The average Bonchev–Trinajstić information content (AvgIpc) is 3.13. The van der Waals surface area contributed by atoms with Crippen molar-refractivity contribution in [2.75, 3.05) is 10.2 Å². The lowest BCUT2D eigenvalue weighted by molar-refractivity contribution is -0.117. The van der Waals surface area contributed by atoms with Gasteiger partial charge in [0.05, 0.1) is 5.25 Å². The highest BCUT2D eigenvalue weighted by atomic mass is 35.5. The summed E-state index contributed by atoms with van der Waals surface area (Å²) in [6.45, 7) is 3.91. The lowest BCUT2D eigenvalue weighted by Gasteiger charge is -2.19. The topological polar surface area (TPSA) is 73.2 Å². The van der Waals surface area contributed by atoms with E-state index in [1.165, 1.54) is 16.7 Å². The van der Waals surface area contributed by atoms with Crippen molar-refractivity contribution in [1.29, 1.82) is 5.26 Å². The highest BCUT2D eigenvalue weighted by Gasteiger charge is 2.41. The van der Waals surface area contributed by atoms with Crippen LogP contribution >= 0.6 is 23.4 Å². The van der Waals surface area contributed by atoms with E-state index in [-0.39, 0.29) is 11.5 Å². The molecule has 1 aliphatic rings. The van der Waals surface area contributed by atoms with Gasteiger partial charge in [-0.3, -0.25) is 14.5 Å². The fourth-order valence-electron chi connectivity index (χ4n) is 3.61. The molecule has 1 N–H and O–H groups in total. The van der Waals surface area contributed by atoms with Crippen LogP contribution in [-0.4, -0.2) is 17.1 Å². The number of halogens is 1. The van der Waals surface area contributed by atoms with E-state index in [4.69, 9.17) is 11.6 Å². The molecular formula is C27H22ClN3O2S. The molecule has 0 spiro atoms. The zero-order chi connectivity index (χ0) is 24.2. The number of hydrogen-bond acceptors (Lipinski definition) is 4. The maximum Gasteiger partial charge on any atom is 0.269 e. The van der Waals surface area contributed by atoms with Gasteiger partial charge in [-0.25, -0.2) is 0 Å². The molecule has 34 heavy (non-hydrogen) atoms. The third-order valence-electron chi connectivity index (χ3n) is 5.47. The molecule has 1 fully saturated rings. The largest absolute Gasteiger partial charge is 0.321 e. The van der Waals surface area contributed by atoms with E-state index in [0.29, 0.717) is 27.8 Å². The van der Waals surface area contributed by atoms with E-state index in [1.54, 1.807) is 18.2 Å². The number of aryl methyl sites for hydroxylation is 2. The Morgan fingerprint density at radius 1 is 1.03 bits per heavy atom. The second kappa shape index (κ2) is 10.2. The quantitative estimate of drug-likeness (QED) is 0.352. The Bertz CT molecular complexity index is 1310. The average molecular weight is 488 g/mol. The summed E-state index contributed by atoms with van der Waals surface area (Å²) >= 11 is 7.55. The molecule has 3 aromatic carbocycles. The van der Waals surface area contributed by atoms with Gasteiger partial charge >= 0.3 is 0 Å². The standard InChI is InChI=1S/C27H22ClN3O2S/c1-17-7-11-20(12-8-17)30-25(32)22(16-29)27-31(21-13-9-18(2)10-14-21)26(33)24(34-27)15-19-5-3-4-6-23(19)28/h3-14,24H,15H2,1-2H3,(H,30,32). The van der Waals surface area contributed by atoms with Crippen molar-refractivity contribution in [3.8, 4) is 6.07 Å². The third-order valence-corrected chi connectivity index (χ3v) is 7.10. The molecule has 7 heteroatoms. The first-order valence-corrected chi connectivity index (χ1v) is 12.0. The first kappa shape index (κ1) is 23.6. The highest BCUT2D eigenvalue weighted by Crippen LogP contribution is 2.42. The smallest absolute Gasteiger partial charge is 0.269 e. The summed E-state index contributed by atoms with van der Waals surface area (Å²) in [5.41, 5.74) is 4.01. The fourth-order valence-corrected chi connectivity index (χ4v) is 5.12. The second-order valence-electron chi connectivity index (χ2n) is 8.02. The first-order chi connectivity index (χ1) is 16.4. The molecule has 0 aliphatic carbocycles. The number of nitrogens with zero attached hydrogens (tertiary/aromatic N) is 2. The van der Waals surface area contributed by atoms with Gasteiger partial charge in [-0.05, 0) is 56.2 Å². The Kier molecular flexibility index (Phi) is 7.06. The molecule has 1 heterocycles. The molecule has 5 nitrogen and oxygen atoms in total. The van der Waals surface area contributed by atoms with Crippen molar-refractivity contribution >= 4 is 46.6 Å². The number of thioether (sulfide) groups is 1. The number of rotatable bonds is 5. The van der Waals surface area contributed by atoms with Crippen LogP contribution in [0.2, 0.25) is 5.02 Å². The molecule has 1 aliphatic heterocycles. The molecule has 3 aromatic rings. The van der Waals surface area contributed by atoms with Crippen LogP contribution in [0, 0.1) is 25.2 Å². The second-order valence-corrected chi connectivity index (χ2v) is 9.62. The lowest BCUT2D eigenvalue weighted by atomic mass is 10.1. The number of anilines is 2. The maximum atomic E-state index is 13.5. The third kappa shape index (κ3) is 5.01. The molecular weight excluding hydrogens is 466 g/mol. The predicted octanol–water partition coefficient (Wildman–Crippen LogP) is 6.02. The Morgan fingerprint density at radius 3 is 2.26 bits per heavy atom. The molecule has 1 saturated heterocycles. The Morgan fingerprint density at radius 2 is 1.65 bits per heavy atom. The number of nitriles is 1. The molecule has 1 unspecified atom stereocenters. The highest BCUT2D eigenvalue weighted by molar-refractivity contribution is 8.05. The minimum absolute atomic E-state index is 0.110. The number of nitrogens with one attached hydrogen (secondary N) is 1. The molecule has 4 rings (SSSR count). The minimum atomic E-state index is -0.558. The summed E-state index contributed by atoms with van der Waals surface area (Å²) in [6.07, 6.45) is 0.382. The molecule has 1 atom stereocenters. The first-order valence-electron chi connectivity index (χ1n) is 10.7. The van der Waals surface area contributed by atoms with E-state index >= 15 is 0 Å². The normalized spacial score (nSPS) is 16.8. The Labute approximate surface area is 208 Å². The number of hydrogen-bond donors (Lipinski definition) is 1. The van der Waals surface area contributed by atoms with Crippen molar-refractivity contribution in [2.24, 2.45) is 0 Å². The fraction of sp³-hybridized carbons (Fsp3) is 0.148. The summed E-state index contributed by atoms with van der Waals surface area (Å²) in [5.74, 6) is -0.753. The van der Waals surface area contributed by atoms with Crippen LogP contribution in [-0.2, 0) is 16.0 Å². The summed E-state index contributed by atoms with van der Waals surface area (Å²) in [6, 6.07) is 24.1. The number of carbonyl (C=O) groups excluding carboxylic acids is 2. The summed E-state index contributed by atoms with van der Waals surface area (Å²) in [7, 11) is 0. The van der Waals surface area contributed by atoms with Crippen LogP contribution in [0.1, 0.15) is 16.7 Å². The van der Waals surface area contributed by atoms with Gasteiger partial charge in [0.25, 0.3) is 5.91 Å². The monoisotopic (exact) mass is 487 g/mol. The van der Waals surface area contributed by atoms with Crippen LogP contribution < -0.4 is 10.2 Å². The van der Waals surface area contributed by atoms with Crippen molar-refractivity contribution in [3.05, 3.63) is 105 Å². The maximum absolute atomic E-state index is 13.5. The van der Waals surface area contributed by atoms with Gasteiger partial charge < -0.3 is 5.32 Å². The van der Waals surface area contributed by atoms with Gasteiger partial charge in [0, 0.05) is 16.4 Å². The zero-order valence-corrected chi connectivity index (χ0v) is 20.3. The van der Waals surface area contributed by atoms with E-state index < -0.39 is 11.2 Å². The molecule has 170 valence electrons. The minimum Gasteiger partial charge on any atom is -0.321 e. The van der Waals surface area contributed by atoms with Crippen LogP contribution in [0.15, 0.2) is 83.4 Å². The number of benzene rings is 3. The Hall–Kier alpha value is -3.53. The molecule has 0 saturated carbocycles. The molecule has 0 aromatic heterocycles. The predicted molar refractivity (Wildman–Crippen MR) is 138 cm³/mol. The van der Waals surface area contributed by atoms with Gasteiger partial charge in [0.2, 0.25) is 5.91 Å². The SMILES string of the molecule is Cc1ccc(NC(=O)C(C#N)=C2SC(Cc3ccccc3Cl)C(=O)N2c2ccc(C)cc2)cc1. The van der Waals surface area contributed by atoms with Gasteiger partial charge in [-0.2, -0.15) is 5.26 Å². The molecule has 0 bridgehead atoms. The summed E-state index contributed by atoms with van der Waals surface area (Å²) < 4.78 is 0. The molecule has 2 amide bonds. The van der Waals surface area contributed by atoms with Gasteiger partial charge in [-0.1, -0.05) is 77.0 Å². The van der Waals surface area contributed by atoms with Crippen molar-refractivity contribution in [1.82, 2.24) is 0 Å². The van der Waals surface area contributed by atoms with Gasteiger partial charge in [-0.15, -0.1) is 0 Å².